The number of carbonyl (C=O) groups is 1. The van der Waals surface area contributed by atoms with Gasteiger partial charge < -0.3 is 9.84 Å². The molecular weight excluding hydrogens is 374 g/mol. The van der Waals surface area contributed by atoms with E-state index in [2.05, 4.69) is 10.5 Å². The highest BCUT2D eigenvalue weighted by molar-refractivity contribution is 7.89. The van der Waals surface area contributed by atoms with E-state index in [1.54, 1.807) is 13.0 Å². The molecule has 0 aliphatic heterocycles. The monoisotopic (exact) mass is 391 g/mol. The molecule has 136 valence electrons. The van der Waals surface area contributed by atoms with Crippen molar-refractivity contribution in [3.63, 3.8) is 0 Å². The first-order chi connectivity index (χ1) is 12.4. The molecule has 0 bridgehead atoms. The maximum Gasteiger partial charge on any atom is 0.267 e. The van der Waals surface area contributed by atoms with Crippen LogP contribution in [0.2, 0.25) is 0 Å². The van der Waals surface area contributed by atoms with Crippen LogP contribution in [0.3, 0.4) is 0 Å². The third-order valence-corrected chi connectivity index (χ3v) is 6.48. The van der Waals surface area contributed by atoms with Crippen LogP contribution in [0.1, 0.15) is 21.0 Å². The molecule has 2 aromatic heterocycles. The number of carbonyl (C=O) groups excluding carboxylic acids is 1. The minimum atomic E-state index is -3.69. The van der Waals surface area contributed by atoms with Gasteiger partial charge in [-0.3, -0.25) is 4.79 Å². The highest BCUT2D eigenvalue weighted by Gasteiger charge is 2.24. The van der Waals surface area contributed by atoms with E-state index >= 15 is 0 Å². The van der Waals surface area contributed by atoms with Crippen molar-refractivity contribution < 1.29 is 17.7 Å². The lowest BCUT2D eigenvalue weighted by Crippen LogP contribution is -2.26. The number of hydrogen-bond donors (Lipinski definition) is 1. The fraction of sp³-hybridized carbons (Fsp3) is 0.176. The Morgan fingerprint density at radius 2 is 2.00 bits per heavy atom. The van der Waals surface area contributed by atoms with Gasteiger partial charge in [0.2, 0.25) is 10.0 Å². The molecule has 0 aliphatic rings. The van der Waals surface area contributed by atoms with E-state index in [-0.39, 0.29) is 22.1 Å². The fourth-order valence-corrected chi connectivity index (χ4v) is 4.60. The first kappa shape index (κ1) is 18.3. The molecule has 3 aromatic rings. The van der Waals surface area contributed by atoms with Gasteiger partial charge in [-0.1, -0.05) is 35.5 Å². The van der Waals surface area contributed by atoms with Crippen molar-refractivity contribution in [1.82, 2.24) is 9.46 Å². The number of benzene rings is 1. The summed E-state index contributed by atoms with van der Waals surface area (Å²) in [5, 5.41) is 7.71. The lowest BCUT2D eigenvalue weighted by atomic mass is 10.2. The Hall–Kier alpha value is -2.49. The van der Waals surface area contributed by atoms with Crippen molar-refractivity contribution >= 4 is 33.1 Å². The number of aryl methyl sites for hydroxylation is 1. The molecule has 0 fully saturated rings. The molecule has 1 aromatic carbocycles. The van der Waals surface area contributed by atoms with Gasteiger partial charge in [0, 0.05) is 25.0 Å². The number of sulfonamides is 1. The summed E-state index contributed by atoms with van der Waals surface area (Å²) >= 11 is 1.06. The Bertz CT molecular complexity index is 1010. The molecule has 1 N–H and O–H groups in total. The Balaban J connectivity index is 1.74. The van der Waals surface area contributed by atoms with Gasteiger partial charge in [-0.25, -0.2) is 8.42 Å². The van der Waals surface area contributed by atoms with Crippen molar-refractivity contribution in [3.05, 3.63) is 64.0 Å². The SMILES string of the molecule is Cc1cc(NC(=O)c2cc(S(=O)(=O)N(C)Cc3ccccc3)cs2)no1. The Kier molecular flexibility index (Phi) is 5.21. The Labute approximate surface area is 155 Å². The minimum Gasteiger partial charge on any atom is -0.360 e. The molecule has 0 atom stereocenters. The van der Waals surface area contributed by atoms with Crippen LogP contribution in [0.25, 0.3) is 0 Å². The third kappa shape index (κ3) is 4.01. The highest BCUT2D eigenvalue weighted by atomic mass is 32.2. The molecule has 0 saturated heterocycles. The number of hydrogen-bond acceptors (Lipinski definition) is 6. The number of rotatable bonds is 6. The molecule has 0 aliphatic carbocycles. The summed E-state index contributed by atoms with van der Waals surface area (Å²) in [6.07, 6.45) is 0. The molecule has 9 heteroatoms. The fourth-order valence-electron chi connectivity index (χ4n) is 2.28. The average Bonchev–Trinajstić information content (AvgIpc) is 3.25. The molecule has 0 radical (unpaired) electrons. The normalized spacial score (nSPS) is 11.7. The van der Waals surface area contributed by atoms with Crippen molar-refractivity contribution in [2.75, 3.05) is 12.4 Å². The lowest BCUT2D eigenvalue weighted by molar-refractivity contribution is 0.102. The van der Waals surface area contributed by atoms with Crippen LogP contribution in [-0.4, -0.2) is 30.8 Å². The maximum atomic E-state index is 12.7. The summed E-state index contributed by atoms with van der Waals surface area (Å²) in [5.74, 6) is 0.416. The van der Waals surface area contributed by atoms with Crippen molar-refractivity contribution in [3.8, 4) is 0 Å². The molecule has 1 amide bonds. The molecule has 0 spiro atoms. The van der Waals surface area contributed by atoms with E-state index < -0.39 is 15.9 Å². The highest BCUT2D eigenvalue weighted by Crippen LogP contribution is 2.24. The second-order valence-corrected chi connectivity index (χ2v) is 8.63. The third-order valence-electron chi connectivity index (χ3n) is 3.62. The quantitative estimate of drug-likeness (QED) is 0.697. The first-order valence-electron chi connectivity index (χ1n) is 7.70. The molecule has 0 unspecified atom stereocenters. The van der Waals surface area contributed by atoms with E-state index in [9.17, 15) is 13.2 Å². The number of amides is 1. The van der Waals surface area contributed by atoms with Gasteiger partial charge in [0.05, 0.1) is 9.77 Å². The Morgan fingerprint density at radius 1 is 1.27 bits per heavy atom. The van der Waals surface area contributed by atoms with Crippen LogP contribution < -0.4 is 5.32 Å². The van der Waals surface area contributed by atoms with E-state index in [0.29, 0.717) is 5.76 Å². The summed E-state index contributed by atoms with van der Waals surface area (Å²) in [4.78, 5) is 12.6. The smallest absolute Gasteiger partial charge is 0.267 e. The molecule has 3 rings (SSSR count). The lowest BCUT2D eigenvalue weighted by Gasteiger charge is -2.16. The number of nitrogens with zero attached hydrogens (tertiary/aromatic N) is 2. The van der Waals surface area contributed by atoms with Gasteiger partial charge in [0.25, 0.3) is 5.91 Å². The minimum absolute atomic E-state index is 0.0856. The zero-order valence-electron chi connectivity index (χ0n) is 14.2. The number of thiophene rings is 1. The van der Waals surface area contributed by atoms with Crippen LogP contribution in [0, 0.1) is 6.92 Å². The van der Waals surface area contributed by atoms with E-state index in [4.69, 9.17) is 4.52 Å². The number of nitrogens with one attached hydrogen (secondary N) is 1. The van der Waals surface area contributed by atoms with Crippen molar-refractivity contribution in [2.45, 2.75) is 18.4 Å². The number of aromatic nitrogens is 1. The van der Waals surface area contributed by atoms with Gasteiger partial charge in [-0.05, 0) is 18.6 Å². The summed E-state index contributed by atoms with van der Waals surface area (Å²) in [5.41, 5.74) is 0.883. The van der Waals surface area contributed by atoms with Gasteiger partial charge in [0.15, 0.2) is 5.82 Å². The maximum absolute atomic E-state index is 12.7. The predicted octanol–water partition coefficient (Wildman–Crippen LogP) is 3.12. The van der Waals surface area contributed by atoms with Crippen LogP contribution in [0.15, 0.2) is 57.3 Å². The van der Waals surface area contributed by atoms with Gasteiger partial charge in [-0.15, -0.1) is 11.3 Å². The zero-order valence-corrected chi connectivity index (χ0v) is 15.8. The zero-order chi connectivity index (χ0) is 18.7. The molecule has 0 saturated carbocycles. The molecular formula is C17H17N3O4S2. The largest absolute Gasteiger partial charge is 0.360 e. The van der Waals surface area contributed by atoms with Crippen LogP contribution >= 0.6 is 11.3 Å². The van der Waals surface area contributed by atoms with Crippen molar-refractivity contribution in [2.24, 2.45) is 0 Å². The number of anilines is 1. The van der Waals surface area contributed by atoms with Crippen molar-refractivity contribution in [1.29, 1.82) is 0 Å². The summed E-state index contributed by atoms with van der Waals surface area (Å²) < 4.78 is 31.6. The topological polar surface area (TPSA) is 92.5 Å². The molecule has 7 nitrogen and oxygen atoms in total. The molecule has 2 heterocycles. The van der Waals surface area contributed by atoms with E-state index in [0.717, 1.165) is 16.9 Å². The summed E-state index contributed by atoms with van der Waals surface area (Å²) in [6.45, 7) is 1.96. The first-order valence-corrected chi connectivity index (χ1v) is 10.0. The molecule has 26 heavy (non-hydrogen) atoms. The van der Waals surface area contributed by atoms with E-state index in [1.165, 1.54) is 22.8 Å². The predicted molar refractivity (Wildman–Crippen MR) is 98.6 cm³/mol. The second-order valence-electron chi connectivity index (χ2n) is 5.67. The second kappa shape index (κ2) is 7.40. The van der Waals surface area contributed by atoms with Gasteiger partial charge in [0.1, 0.15) is 5.76 Å². The average molecular weight is 391 g/mol. The van der Waals surface area contributed by atoms with Crippen LogP contribution in [0.5, 0.6) is 0 Å². The van der Waals surface area contributed by atoms with Gasteiger partial charge in [-0.2, -0.15) is 4.31 Å². The van der Waals surface area contributed by atoms with Crippen LogP contribution in [-0.2, 0) is 16.6 Å². The van der Waals surface area contributed by atoms with E-state index in [1.807, 2.05) is 30.3 Å². The van der Waals surface area contributed by atoms with Gasteiger partial charge >= 0.3 is 0 Å². The Morgan fingerprint density at radius 3 is 2.65 bits per heavy atom. The standard InChI is InChI=1S/C17H17N3O4S2/c1-12-8-16(19-24-12)18-17(21)15-9-14(11-25-15)26(22,23)20(2)10-13-6-4-3-5-7-13/h3-9,11H,10H2,1-2H3,(H,18,19,21). The summed E-state index contributed by atoms with van der Waals surface area (Å²) in [7, 11) is -2.18. The van der Waals surface area contributed by atoms with Crippen LogP contribution in [0.4, 0.5) is 5.82 Å². The summed E-state index contributed by atoms with van der Waals surface area (Å²) in [6, 6.07) is 12.2.